The molecule has 0 aliphatic heterocycles. The van der Waals surface area contributed by atoms with Crippen LogP contribution in [0.1, 0.15) is 40.9 Å². The van der Waals surface area contributed by atoms with Crippen molar-refractivity contribution in [3.8, 4) is 5.75 Å². The molecule has 6 nitrogen and oxygen atoms in total. The molecule has 0 atom stereocenters. The van der Waals surface area contributed by atoms with Gasteiger partial charge in [0.05, 0.1) is 22.2 Å². The molecule has 0 unspecified atom stereocenters. The molecular weight excluding hydrogens is 344 g/mol. The molecule has 27 heavy (non-hydrogen) atoms. The number of phenols is 1. The molecule has 0 fully saturated rings. The zero-order valence-electron chi connectivity index (χ0n) is 15.3. The third-order valence-electron chi connectivity index (χ3n) is 5.12. The van der Waals surface area contributed by atoms with Gasteiger partial charge >= 0.3 is 5.69 Å². The molecule has 0 saturated heterocycles. The maximum absolute atomic E-state index is 11.4. The minimum atomic E-state index is -0.593. The van der Waals surface area contributed by atoms with E-state index in [1.165, 1.54) is 12.3 Å². The van der Waals surface area contributed by atoms with E-state index in [9.17, 15) is 15.2 Å². The number of hydrogen-bond donors (Lipinski definition) is 1. The second-order valence-electron chi connectivity index (χ2n) is 7.05. The van der Waals surface area contributed by atoms with E-state index >= 15 is 0 Å². The van der Waals surface area contributed by atoms with Gasteiger partial charge in [-0.25, -0.2) is 0 Å². The van der Waals surface area contributed by atoms with Crippen molar-refractivity contribution in [1.29, 1.82) is 0 Å². The molecule has 2 aromatic carbocycles. The second kappa shape index (κ2) is 6.54. The van der Waals surface area contributed by atoms with Crippen LogP contribution in [-0.2, 0) is 12.8 Å². The predicted octanol–water partition coefficient (Wildman–Crippen LogP) is 5.29. The van der Waals surface area contributed by atoms with E-state index in [2.05, 4.69) is 4.99 Å². The van der Waals surface area contributed by atoms with Crippen molar-refractivity contribution in [2.75, 3.05) is 0 Å². The van der Waals surface area contributed by atoms with Gasteiger partial charge in [-0.05, 0) is 44.7 Å². The zero-order chi connectivity index (χ0) is 19.1. The number of benzene rings is 2. The van der Waals surface area contributed by atoms with Gasteiger partial charge < -0.3 is 9.52 Å². The van der Waals surface area contributed by atoms with Gasteiger partial charge in [-0.15, -0.1) is 0 Å². The van der Waals surface area contributed by atoms with Crippen LogP contribution in [0.3, 0.4) is 0 Å². The number of nitro benzene ring substituents is 1. The average molecular weight is 364 g/mol. The summed E-state index contributed by atoms with van der Waals surface area (Å²) in [6, 6.07) is 7.20. The number of furan rings is 1. The third kappa shape index (κ3) is 2.97. The third-order valence-corrected chi connectivity index (χ3v) is 5.12. The molecule has 0 radical (unpaired) electrons. The number of hydrogen-bond acceptors (Lipinski definition) is 5. The summed E-state index contributed by atoms with van der Waals surface area (Å²) in [5.74, 6) is 0.493. The zero-order valence-corrected chi connectivity index (χ0v) is 15.3. The summed E-state index contributed by atoms with van der Waals surface area (Å²) in [5, 5.41) is 22.7. The van der Waals surface area contributed by atoms with Gasteiger partial charge in [0.1, 0.15) is 11.3 Å². The van der Waals surface area contributed by atoms with E-state index in [4.69, 9.17) is 4.42 Å². The number of rotatable bonds is 3. The van der Waals surface area contributed by atoms with E-state index in [1.54, 1.807) is 0 Å². The van der Waals surface area contributed by atoms with E-state index < -0.39 is 4.92 Å². The highest BCUT2D eigenvalue weighted by molar-refractivity contribution is 6.05. The molecule has 138 valence electrons. The van der Waals surface area contributed by atoms with Crippen molar-refractivity contribution in [1.82, 2.24) is 0 Å². The molecule has 1 aliphatic carbocycles. The number of nitro groups is 1. The van der Waals surface area contributed by atoms with Gasteiger partial charge in [-0.1, -0.05) is 17.7 Å². The van der Waals surface area contributed by atoms with E-state index in [0.717, 1.165) is 59.2 Å². The van der Waals surface area contributed by atoms with Crippen molar-refractivity contribution >= 4 is 28.6 Å². The standard InChI is InChI=1S/C21H20N2O4/c1-12-7-8-16(13(2)9-12)22-11-15-20-14-5-3-4-6-18(14)27-19(20)10-17(21(15)24)23(25)26/h7-11,24H,3-6H2,1-2H3. The first-order valence-electron chi connectivity index (χ1n) is 9.01. The van der Waals surface area contributed by atoms with Crippen LogP contribution in [0.25, 0.3) is 11.0 Å². The lowest BCUT2D eigenvalue weighted by molar-refractivity contribution is -0.385. The van der Waals surface area contributed by atoms with Gasteiger partial charge in [-0.2, -0.15) is 0 Å². The normalized spacial score (nSPS) is 14.0. The molecule has 1 aliphatic rings. The molecule has 0 spiro atoms. The van der Waals surface area contributed by atoms with Gasteiger partial charge in [0.15, 0.2) is 0 Å². The van der Waals surface area contributed by atoms with Crippen LogP contribution in [0.5, 0.6) is 5.75 Å². The van der Waals surface area contributed by atoms with Crippen molar-refractivity contribution in [3.05, 3.63) is 62.4 Å². The lowest BCUT2D eigenvalue weighted by Gasteiger charge is -2.10. The number of aromatic hydroxyl groups is 1. The highest BCUT2D eigenvalue weighted by Gasteiger charge is 2.27. The SMILES string of the molecule is Cc1ccc(N=Cc2c(O)c([N+](=O)[O-])cc3oc4c(c23)CCCC4)c(C)c1. The Balaban J connectivity index is 1.94. The Hall–Kier alpha value is -3.15. The Morgan fingerprint density at radius 1 is 1.22 bits per heavy atom. The first-order chi connectivity index (χ1) is 13.0. The Bertz CT molecular complexity index is 1100. The van der Waals surface area contributed by atoms with E-state index in [-0.39, 0.29) is 11.4 Å². The quantitative estimate of drug-likeness (QED) is 0.388. The number of aryl methyl sites for hydroxylation is 4. The van der Waals surface area contributed by atoms with Crippen LogP contribution < -0.4 is 0 Å². The fourth-order valence-corrected chi connectivity index (χ4v) is 3.78. The number of aliphatic imine (C=N–C) groups is 1. The number of nitrogens with zero attached hydrogens (tertiary/aromatic N) is 2. The Labute approximate surface area is 156 Å². The van der Waals surface area contributed by atoms with Crippen LogP contribution in [-0.4, -0.2) is 16.2 Å². The fourth-order valence-electron chi connectivity index (χ4n) is 3.78. The molecular formula is C21H20N2O4. The van der Waals surface area contributed by atoms with Gasteiger partial charge in [0, 0.05) is 23.6 Å². The molecule has 3 aromatic rings. The maximum Gasteiger partial charge on any atom is 0.315 e. The number of fused-ring (bicyclic) bond motifs is 3. The lowest BCUT2D eigenvalue weighted by Crippen LogP contribution is -2.00. The van der Waals surface area contributed by atoms with Gasteiger partial charge in [0.2, 0.25) is 5.75 Å². The van der Waals surface area contributed by atoms with E-state index in [0.29, 0.717) is 11.1 Å². The molecule has 0 amide bonds. The molecule has 0 bridgehead atoms. The largest absolute Gasteiger partial charge is 0.502 e. The Morgan fingerprint density at radius 3 is 2.74 bits per heavy atom. The van der Waals surface area contributed by atoms with Crippen molar-refractivity contribution in [2.24, 2.45) is 4.99 Å². The maximum atomic E-state index is 11.4. The van der Waals surface area contributed by atoms with Crippen LogP contribution >= 0.6 is 0 Å². The van der Waals surface area contributed by atoms with Crippen LogP contribution in [0, 0.1) is 24.0 Å². The second-order valence-corrected chi connectivity index (χ2v) is 7.05. The smallest absolute Gasteiger partial charge is 0.315 e. The van der Waals surface area contributed by atoms with Gasteiger partial charge in [0.25, 0.3) is 0 Å². The Kier molecular flexibility index (Phi) is 4.18. The van der Waals surface area contributed by atoms with Crippen LogP contribution in [0.4, 0.5) is 11.4 Å². The summed E-state index contributed by atoms with van der Waals surface area (Å²) in [7, 11) is 0. The first-order valence-corrected chi connectivity index (χ1v) is 9.01. The van der Waals surface area contributed by atoms with Crippen molar-refractivity contribution in [3.63, 3.8) is 0 Å². The molecule has 0 saturated carbocycles. The van der Waals surface area contributed by atoms with Crippen LogP contribution in [0.2, 0.25) is 0 Å². The molecule has 1 heterocycles. The topological polar surface area (TPSA) is 88.9 Å². The highest BCUT2D eigenvalue weighted by Crippen LogP contribution is 2.41. The molecule has 6 heteroatoms. The first kappa shape index (κ1) is 17.3. The summed E-state index contributed by atoms with van der Waals surface area (Å²) in [5.41, 5.74) is 4.35. The van der Waals surface area contributed by atoms with Crippen LogP contribution in [0.15, 0.2) is 33.7 Å². The highest BCUT2D eigenvalue weighted by atomic mass is 16.6. The van der Waals surface area contributed by atoms with E-state index in [1.807, 2.05) is 32.0 Å². The average Bonchev–Trinajstić information content (AvgIpc) is 3.00. The monoisotopic (exact) mass is 364 g/mol. The lowest BCUT2D eigenvalue weighted by atomic mass is 9.93. The number of phenolic OH excluding ortho intramolecular Hbond substituents is 1. The summed E-state index contributed by atoms with van der Waals surface area (Å²) >= 11 is 0. The summed E-state index contributed by atoms with van der Waals surface area (Å²) in [6.07, 6.45) is 5.24. The summed E-state index contributed by atoms with van der Waals surface area (Å²) in [4.78, 5) is 15.3. The van der Waals surface area contributed by atoms with Crippen molar-refractivity contribution < 1.29 is 14.4 Å². The molecule has 4 rings (SSSR count). The molecule has 1 N–H and O–H groups in total. The predicted molar refractivity (Wildman–Crippen MR) is 104 cm³/mol. The summed E-state index contributed by atoms with van der Waals surface area (Å²) < 4.78 is 5.89. The summed E-state index contributed by atoms with van der Waals surface area (Å²) in [6.45, 7) is 3.97. The van der Waals surface area contributed by atoms with Gasteiger partial charge in [-0.3, -0.25) is 15.1 Å². The minimum Gasteiger partial charge on any atom is -0.502 e. The minimum absolute atomic E-state index is 0.353. The molecule has 1 aromatic heterocycles. The fraction of sp³-hybridized carbons (Fsp3) is 0.286. The Morgan fingerprint density at radius 2 is 2.00 bits per heavy atom. The van der Waals surface area contributed by atoms with Crippen molar-refractivity contribution in [2.45, 2.75) is 39.5 Å².